The summed E-state index contributed by atoms with van der Waals surface area (Å²) < 4.78 is 0. The zero-order chi connectivity index (χ0) is 10.9. The van der Waals surface area contributed by atoms with Crippen LogP contribution in [0.25, 0.3) is 0 Å². The lowest BCUT2D eigenvalue weighted by Crippen LogP contribution is -2.03. The number of nitrogens with one attached hydrogen (secondary N) is 1. The molecule has 0 saturated heterocycles. The van der Waals surface area contributed by atoms with Crippen molar-refractivity contribution in [3.8, 4) is 0 Å². The van der Waals surface area contributed by atoms with E-state index in [1.54, 1.807) is 6.20 Å². The Labute approximate surface area is 94.7 Å². The van der Waals surface area contributed by atoms with Gasteiger partial charge in [-0.15, -0.1) is 0 Å². The van der Waals surface area contributed by atoms with Crippen molar-refractivity contribution in [1.82, 2.24) is 9.97 Å². The minimum absolute atomic E-state index is 0.285. The first-order chi connectivity index (χ1) is 7.33. The van der Waals surface area contributed by atoms with Crippen LogP contribution in [0.5, 0.6) is 0 Å². The number of hydrogen-bond donors (Lipinski definition) is 2. The van der Waals surface area contributed by atoms with Crippen LogP contribution < -0.4 is 5.32 Å². The molecule has 0 aliphatic rings. The van der Waals surface area contributed by atoms with Gasteiger partial charge in [-0.25, -0.2) is 4.98 Å². The number of aliphatic hydroxyl groups is 1. The molecule has 1 heterocycles. The maximum absolute atomic E-state index is 8.58. The number of aromatic nitrogens is 2. The first-order valence-corrected chi connectivity index (χ1v) is 5.53. The van der Waals surface area contributed by atoms with Gasteiger partial charge in [-0.2, -0.15) is 0 Å². The first kappa shape index (κ1) is 12.2. The van der Waals surface area contributed by atoms with Crippen LogP contribution in [-0.4, -0.2) is 28.2 Å². The zero-order valence-corrected chi connectivity index (χ0v) is 9.37. The maximum Gasteiger partial charge on any atom is 0.149 e. The molecule has 2 N–H and O–H groups in total. The molecule has 0 saturated carbocycles. The van der Waals surface area contributed by atoms with Crippen LogP contribution >= 0.6 is 11.6 Å². The number of nitrogens with zero attached hydrogens (tertiary/aromatic N) is 2. The van der Waals surface area contributed by atoms with E-state index in [-0.39, 0.29) is 6.61 Å². The van der Waals surface area contributed by atoms with Gasteiger partial charge >= 0.3 is 0 Å². The SMILES string of the molecule is OCCCCCCNc1cncc(Cl)n1. The molecule has 1 rings (SSSR count). The lowest BCUT2D eigenvalue weighted by molar-refractivity contribution is 0.283. The summed E-state index contributed by atoms with van der Waals surface area (Å²) in [7, 11) is 0. The second kappa shape index (κ2) is 7.43. The Morgan fingerprint density at radius 3 is 2.73 bits per heavy atom. The van der Waals surface area contributed by atoms with Gasteiger partial charge in [-0.05, 0) is 12.8 Å². The second-order valence-corrected chi connectivity index (χ2v) is 3.68. The van der Waals surface area contributed by atoms with Crippen LogP contribution in [-0.2, 0) is 0 Å². The molecule has 0 bridgehead atoms. The van der Waals surface area contributed by atoms with Gasteiger partial charge in [0.1, 0.15) is 11.0 Å². The molecule has 0 atom stereocenters. The minimum atomic E-state index is 0.285. The third-order valence-corrected chi connectivity index (χ3v) is 2.18. The summed E-state index contributed by atoms with van der Waals surface area (Å²) in [6, 6.07) is 0. The molecule has 0 unspecified atom stereocenters. The average Bonchev–Trinajstić information content (AvgIpc) is 2.23. The Kier molecular flexibility index (Phi) is 6.04. The molecule has 0 aromatic carbocycles. The smallest absolute Gasteiger partial charge is 0.149 e. The zero-order valence-electron chi connectivity index (χ0n) is 8.62. The minimum Gasteiger partial charge on any atom is -0.396 e. The Balaban J connectivity index is 2.10. The molecule has 0 spiro atoms. The largest absolute Gasteiger partial charge is 0.396 e. The Bertz CT molecular complexity index is 283. The summed E-state index contributed by atoms with van der Waals surface area (Å²) in [6.45, 7) is 1.15. The van der Waals surface area contributed by atoms with E-state index in [2.05, 4.69) is 15.3 Å². The summed E-state index contributed by atoms with van der Waals surface area (Å²) in [4.78, 5) is 7.98. The number of unbranched alkanes of at least 4 members (excludes halogenated alkanes) is 3. The van der Waals surface area contributed by atoms with Gasteiger partial charge in [0.15, 0.2) is 0 Å². The van der Waals surface area contributed by atoms with E-state index in [1.165, 1.54) is 6.20 Å². The van der Waals surface area contributed by atoms with Crippen molar-refractivity contribution in [1.29, 1.82) is 0 Å². The number of aliphatic hydroxyl groups excluding tert-OH is 1. The van der Waals surface area contributed by atoms with Crippen molar-refractivity contribution >= 4 is 17.4 Å². The van der Waals surface area contributed by atoms with Crippen LogP contribution in [0, 0.1) is 0 Å². The second-order valence-electron chi connectivity index (χ2n) is 3.29. The third-order valence-electron chi connectivity index (χ3n) is 2.00. The fraction of sp³-hybridized carbons (Fsp3) is 0.600. The summed E-state index contributed by atoms with van der Waals surface area (Å²) in [5, 5.41) is 12.1. The summed E-state index contributed by atoms with van der Waals surface area (Å²) in [5.74, 6) is 0.713. The van der Waals surface area contributed by atoms with Gasteiger partial charge in [-0.1, -0.05) is 24.4 Å². The molecule has 15 heavy (non-hydrogen) atoms. The fourth-order valence-corrected chi connectivity index (χ4v) is 1.38. The van der Waals surface area contributed by atoms with E-state index in [9.17, 15) is 0 Å². The van der Waals surface area contributed by atoms with E-state index in [0.29, 0.717) is 11.0 Å². The predicted octanol–water partition coefficient (Wildman–Crippen LogP) is 2.09. The molecule has 1 aromatic heterocycles. The van der Waals surface area contributed by atoms with Gasteiger partial charge < -0.3 is 10.4 Å². The van der Waals surface area contributed by atoms with Crippen molar-refractivity contribution in [3.05, 3.63) is 17.5 Å². The third kappa shape index (κ3) is 5.54. The molecular formula is C10H16ClN3O. The monoisotopic (exact) mass is 229 g/mol. The lowest BCUT2D eigenvalue weighted by atomic mass is 10.2. The molecule has 0 aliphatic heterocycles. The van der Waals surface area contributed by atoms with Crippen LogP contribution in [0.1, 0.15) is 25.7 Å². The van der Waals surface area contributed by atoms with Gasteiger partial charge in [0.05, 0.1) is 12.4 Å². The van der Waals surface area contributed by atoms with Crippen LogP contribution in [0.4, 0.5) is 5.82 Å². The van der Waals surface area contributed by atoms with E-state index >= 15 is 0 Å². The highest BCUT2D eigenvalue weighted by Gasteiger charge is 1.95. The van der Waals surface area contributed by atoms with E-state index in [0.717, 1.165) is 32.2 Å². The Morgan fingerprint density at radius 1 is 1.20 bits per heavy atom. The summed E-state index contributed by atoms with van der Waals surface area (Å²) >= 11 is 5.68. The van der Waals surface area contributed by atoms with E-state index < -0.39 is 0 Å². The highest BCUT2D eigenvalue weighted by Crippen LogP contribution is 2.07. The highest BCUT2D eigenvalue weighted by atomic mass is 35.5. The van der Waals surface area contributed by atoms with Crippen molar-refractivity contribution in [2.45, 2.75) is 25.7 Å². The van der Waals surface area contributed by atoms with Crippen LogP contribution in [0.3, 0.4) is 0 Å². The van der Waals surface area contributed by atoms with Crippen molar-refractivity contribution in [3.63, 3.8) is 0 Å². The molecule has 0 amide bonds. The normalized spacial score (nSPS) is 10.3. The fourth-order valence-electron chi connectivity index (χ4n) is 1.23. The van der Waals surface area contributed by atoms with Gasteiger partial charge in [0.2, 0.25) is 0 Å². The number of anilines is 1. The molecule has 5 heteroatoms. The predicted molar refractivity (Wildman–Crippen MR) is 61.1 cm³/mol. The average molecular weight is 230 g/mol. The van der Waals surface area contributed by atoms with Gasteiger partial charge in [0, 0.05) is 13.2 Å². The Hall–Kier alpha value is -0.870. The molecule has 0 fully saturated rings. The van der Waals surface area contributed by atoms with Crippen LogP contribution in [0.2, 0.25) is 5.15 Å². The summed E-state index contributed by atoms with van der Waals surface area (Å²) in [5.41, 5.74) is 0. The summed E-state index contributed by atoms with van der Waals surface area (Å²) in [6.07, 6.45) is 7.29. The van der Waals surface area contributed by atoms with E-state index in [4.69, 9.17) is 16.7 Å². The van der Waals surface area contributed by atoms with E-state index in [1.807, 2.05) is 0 Å². The molecule has 84 valence electrons. The quantitative estimate of drug-likeness (QED) is 0.703. The van der Waals surface area contributed by atoms with Crippen molar-refractivity contribution in [2.75, 3.05) is 18.5 Å². The van der Waals surface area contributed by atoms with Crippen LogP contribution in [0.15, 0.2) is 12.4 Å². The van der Waals surface area contributed by atoms with Crippen molar-refractivity contribution < 1.29 is 5.11 Å². The lowest BCUT2D eigenvalue weighted by Gasteiger charge is -2.04. The molecule has 4 nitrogen and oxygen atoms in total. The number of hydrogen-bond acceptors (Lipinski definition) is 4. The molecular weight excluding hydrogens is 214 g/mol. The highest BCUT2D eigenvalue weighted by molar-refractivity contribution is 6.29. The number of halogens is 1. The molecule has 0 radical (unpaired) electrons. The first-order valence-electron chi connectivity index (χ1n) is 5.15. The number of rotatable bonds is 7. The molecule has 1 aromatic rings. The molecule has 0 aliphatic carbocycles. The van der Waals surface area contributed by atoms with Gasteiger partial charge in [-0.3, -0.25) is 4.98 Å². The van der Waals surface area contributed by atoms with Gasteiger partial charge in [0.25, 0.3) is 0 Å². The standard InChI is InChI=1S/C10H16ClN3O/c11-9-7-12-8-10(14-9)13-5-3-1-2-4-6-15/h7-8,15H,1-6H2,(H,13,14). The maximum atomic E-state index is 8.58. The van der Waals surface area contributed by atoms with Crippen molar-refractivity contribution in [2.24, 2.45) is 0 Å². The topological polar surface area (TPSA) is 58.0 Å². The Morgan fingerprint density at radius 2 is 2.00 bits per heavy atom.